The number of tetrazole rings is 1. The Morgan fingerprint density at radius 1 is 1.07 bits per heavy atom. The molecule has 2 aliphatic rings. The summed E-state index contributed by atoms with van der Waals surface area (Å²) in [4.78, 5) is 24.6. The molecule has 1 saturated heterocycles. The third-order valence-corrected chi connectivity index (χ3v) is 4.75. The largest absolute Gasteiger partial charge is 0.504 e. The van der Waals surface area contributed by atoms with Crippen molar-refractivity contribution in [2.45, 2.75) is 5.54 Å². The predicted molar refractivity (Wildman–Crippen MR) is 84.1 cm³/mol. The number of aromatic hydroxyl groups is 1. The molecule has 1 aliphatic carbocycles. The van der Waals surface area contributed by atoms with Gasteiger partial charge >= 0.3 is 6.03 Å². The van der Waals surface area contributed by atoms with Crippen LogP contribution < -0.4 is 10.6 Å². The van der Waals surface area contributed by atoms with E-state index in [4.69, 9.17) is 0 Å². The van der Waals surface area contributed by atoms with Gasteiger partial charge in [0.25, 0.3) is 5.91 Å². The van der Waals surface area contributed by atoms with E-state index in [9.17, 15) is 23.5 Å². The molecule has 3 amide bonds. The Morgan fingerprint density at radius 3 is 2.56 bits per heavy atom. The van der Waals surface area contributed by atoms with Crippen LogP contribution in [-0.2, 0) is 10.3 Å². The molecule has 2 aromatic carbocycles. The average molecular weight is 370 g/mol. The lowest BCUT2D eigenvalue weighted by atomic mass is 9.87. The lowest BCUT2D eigenvalue weighted by Gasteiger charge is -2.23. The quantitative estimate of drug-likeness (QED) is 0.471. The molecule has 5 rings (SSSR count). The number of nitrogens with one attached hydrogen (secondary N) is 3. The number of amides is 3. The second kappa shape index (κ2) is 4.84. The Kier molecular flexibility index (Phi) is 2.76. The Hall–Kier alpha value is -3.89. The number of hydrogen-bond donors (Lipinski definition) is 4. The van der Waals surface area contributed by atoms with Crippen LogP contribution in [0.1, 0.15) is 11.1 Å². The first-order valence-corrected chi connectivity index (χ1v) is 7.67. The van der Waals surface area contributed by atoms with E-state index >= 15 is 0 Å². The first-order valence-electron chi connectivity index (χ1n) is 7.67. The molecule has 1 atom stereocenters. The molecule has 0 saturated carbocycles. The summed E-state index contributed by atoms with van der Waals surface area (Å²) >= 11 is 0. The molecule has 1 spiro atoms. The van der Waals surface area contributed by atoms with E-state index in [0.29, 0.717) is 5.56 Å². The molecule has 1 aromatic heterocycles. The minimum atomic E-state index is -1.84. The summed E-state index contributed by atoms with van der Waals surface area (Å²) in [6.45, 7) is 0. The van der Waals surface area contributed by atoms with Crippen molar-refractivity contribution in [3.8, 4) is 28.3 Å². The Labute approximate surface area is 148 Å². The van der Waals surface area contributed by atoms with Gasteiger partial charge < -0.3 is 10.4 Å². The molecule has 3 aromatic rings. The molecule has 134 valence electrons. The first-order chi connectivity index (χ1) is 12.9. The minimum absolute atomic E-state index is 0.0292. The van der Waals surface area contributed by atoms with Crippen LogP contribution in [0.25, 0.3) is 22.5 Å². The van der Waals surface area contributed by atoms with E-state index < -0.39 is 34.9 Å². The van der Waals surface area contributed by atoms with Crippen LogP contribution in [0.15, 0.2) is 24.3 Å². The van der Waals surface area contributed by atoms with Crippen LogP contribution in [-0.4, -0.2) is 37.7 Å². The highest BCUT2D eigenvalue weighted by Crippen LogP contribution is 2.54. The van der Waals surface area contributed by atoms with Gasteiger partial charge in [0, 0.05) is 16.7 Å². The van der Waals surface area contributed by atoms with Gasteiger partial charge in [0.05, 0.1) is 5.56 Å². The number of carbonyl (C=O) groups is 2. The van der Waals surface area contributed by atoms with Crippen LogP contribution >= 0.6 is 0 Å². The summed E-state index contributed by atoms with van der Waals surface area (Å²) in [5, 5.41) is 28.0. The number of urea groups is 1. The molecule has 4 N–H and O–H groups in total. The van der Waals surface area contributed by atoms with Crippen molar-refractivity contribution >= 4 is 11.9 Å². The molecule has 0 bridgehead atoms. The maximum absolute atomic E-state index is 14.5. The predicted octanol–water partition coefficient (Wildman–Crippen LogP) is 0.914. The van der Waals surface area contributed by atoms with Gasteiger partial charge in [-0.15, -0.1) is 10.2 Å². The number of hydrogen-bond acceptors (Lipinski definition) is 6. The monoisotopic (exact) mass is 370 g/mol. The first kappa shape index (κ1) is 15.4. The van der Waals surface area contributed by atoms with Gasteiger partial charge in [-0.2, -0.15) is 5.21 Å². The van der Waals surface area contributed by atoms with Crippen molar-refractivity contribution in [3.05, 3.63) is 47.0 Å². The fourth-order valence-electron chi connectivity index (χ4n) is 3.72. The number of halogens is 2. The van der Waals surface area contributed by atoms with Crippen LogP contribution in [0.2, 0.25) is 0 Å². The van der Waals surface area contributed by atoms with Crippen molar-refractivity contribution in [2.24, 2.45) is 0 Å². The Balaban J connectivity index is 1.97. The van der Waals surface area contributed by atoms with E-state index in [0.717, 1.165) is 18.2 Å². The number of aromatic amines is 1. The highest BCUT2D eigenvalue weighted by atomic mass is 19.1. The number of H-pyrrole nitrogens is 1. The van der Waals surface area contributed by atoms with Crippen molar-refractivity contribution in [2.75, 3.05) is 0 Å². The number of phenols is 1. The molecule has 1 fully saturated rings. The number of imide groups is 1. The van der Waals surface area contributed by atoms with Gasteiger partial charge in [-0.1, -0.05) is 6.07 Å². The summed E-state index contributed by atoms with van der Waals surface area (Å²) < 4.78 is 28.5. The van der Waals surface area contributed by atoms with E-state index in [1.807, 2.05) is 0 Å². The van der Waals surface area contributed by atoms with Crippen LogP contribution in [0.3, 0.4) is 0 Å². The van der Waals surface area contributed by atoms with E-state index in [1.165, 1.54) is 6.07 Å². The summed E-state index contributed by atoms with van der Waals surface area (Å²) in [6, 6.07) is 3.72. The zero-order valence-electron chi connectivity index (χ0n) is 13.2. The van der Waals surface area contributed by atoms with Crippen molar-refractivity contribution < 1.29 is 23.5 Å². The second-order valence-corrected chi connectivity index (χ2v) is 6.09. The smallest absolute Gasteiger partial charge is 0.322 e. The number of phenolic OH excluding ortho intramolecular Hbond substituents is 1. The molecule has 1 aliphatic heterocycles. The molecule has 9 nitrogen and oxygen atoms in total. The number of carbonyl (C=O) groups excluding carboxylic acids is 2. The lowest BCUT2D eigenvalue weighted by molar-refractivity contribution is -0.122. The maximum atomic E-state index is 14.5. The Bertz CT molecular complexity index is 1160. The van der Waals surface area contributed by atoms with Crippen LogP contribution in [0.5, 0.6) is 5.75 Å². The summed E-state index contributed by atoms with van der Waals surface area (Å²) in [5.74, 6) is -3.38. The van der Waals surface area contributed by atoms with Gasteiger partial charge in [0.15, 0.2) is 17.1 Å². The highest BCUT2D eigenvalue weighted by Gasteiger charge is 2.56. The van der Waals surface area contributed by atoms with E-state index in [2.05, 4.69) is 31.3 Å². The fourth-order valence-corrected chi connectivity index (χ4v) is 3.72. The molecule has 11 heteroatoms. The third kappa shape index (κ3) is 1.77. The molecule has 0 radical (unpaired) electrons. The third-order valence-electron chi connectivity index (χ3n) is 4.75. The fraction of sp³-hybridized carbons (Fsp3) is 0.0625. The lowest BCUT2D eigenvalue weighted by Crippen LogP contribution is -2.43. The highest BCUT2D eigenvalue weighted by molar-refractivity contribution is 6.14. The molecular formula is C16H8F2N6O3. The van der Waals surface area contributed by atoms with Crippen molar-refractivity contribution in [1.29, 1.82) is 0 Å². The number of nitrogens with zero attached hydrogens (tertiary/aromatic N) is 3. The second-order valence-electron chi connectivity index (χ2n) is 6.09. The number of rotatable bonds is 1. The summed E-state index contributed by atoms with van der Waals surface area (Å²) in [6.07, 6.45) is 0. The minimum Gasteiger partial charge on any atom is -0.504 e. The topological polar surface area (TPSA) is 133 Å². The summed E-state index contributed by atoms with van der Waals surface area (Å²) in [7, 11) is 0. The van der Waals surface area contributed by atoms with Gasteiger partial charge in [-0.05, 0) is 29.0 Å². The number of fused-ring (bicyclic) bond motifs is 5. The van der Waals surface area contributed by atoms with Gasteiger partial charge in [0.1, 0.15) is 5.82 Å². The van der Waals surface area contributed by atoms with Gasteiger partial charge in [-0.3, -0.25) is 10.1 Å². The van der Waals surface area contributed by atoms with Crippen molar-refractivity contribution in [3.63, 3.8) is 0 Å². The number of benzene rings is 2. The van der Waals surface area contributed by atoms with E-state index in [1.54, 1.807) is 0 Å². The van der Waals surface area contributed by atoms with E-state index in [-0.39, 0.29) is 28.1 Å². The SMILES string of the molecule is O=C1NC(=O)C2(N1)c1cc(F)ccc1-c1c2cc(F)c(O)c1-c1nn[nH]n1. The van der Waals surface area contributed by atoms with Crippen LogP contribution in [0.4, 0.5) is 13.6 Å². The summed E-state index contributed by atoms with van der Waals surface area (Å²) in [5.41, 5.74) is -1.31. The average Bonchev–Trinajstić information content (AvgIpc) is 3.30. The zero-order chi connectivity index (χ0) is 18.9. The van der Waals surface area contributed by atoms with Gasteiger partial charge in [0.2, 0.25) is 5.82 Å². The molecular weight excluding hydrogens is 362 g/mol. The zero-order valence-corrected chi connectivity index (χ0v) is 13.2. The number of aromatic nitrogens is 4. The maximum Gasteiger partial charge on any atom is 0.322 e. The molecule has 27 heavy (non-hydrogen) atoms. The molecule has 1 unspecified atom stereocenters. The normalized spacial score (nSPS) is 19.8. The Morgan fingerprint density at radius 2 is 1.89 bits per heavy atom. The van der Waals surface area contributed by atoms with Gasteiger partial charge in [-0.25, -0.2) is 13.6 Å². The standard InChI is InChI=1S/C16H8F2N6O3/c17-5-1-2-6-7(3-5)16(14(26)19-15(27)20-16)8-4-9(18)12(25)11(10(6)8)13-21-23-24-22-13/h1-4,25H,(H2,19,20,26,27)(H,21,22,23,24). The molecule has 2 heterocycles. The van der Waals surface area contributed by atoms with Crippen molar-refractivity contribution in [1.82, 2.24) is 31.3 Å². The van der Waals surface area contributed by atoms with Crippen LogP contribution in [0, 0.1) is 11.6 Å².